The fourth-order valence-corrected chi connectivity index (χ4v) is 4.31. The lowest BCUT2D eigenvalue weighted by atomic mass is 10.2. The molecule has 1 N–H and O–H groups in total. The third kappa shape index (κ3) is 3.02. The molecule has 7 heteroatoms. The molecule has 0 spiro atoms. The van der Waals surface area contributed by atoms with Crippen LogP contribution in [0.5, 0.6) is 11.5 Å². The molecule has 1 aliphatic rings. The van der Waals surface area contributed by atoms with Gasteiger partial charge in [-0.05, 0) is 37.0 Å². The molecule has 0 bridgehead atoms. The molecule has 2 aromatic heterocycles. The molecule has 0 amide bonds. The van der Waals surface area contributed by atoms with E-state index in [-0.39, 0.29) is 0 Å². The maximum atomic E-state index is 5.28. The first kappa shape index (κ1) is 15.8. The van der Waals surface area contributed by atoms with Crippen molar-refractivity contribution in [3.8, 4) is 11.5 Å². The second-order valence-electron chi connectivity index (χ2n) is 5.78. The van der Waals surface area contributed by atoms with E-state index >= 15 is 0 Å². The third-order valence-corrected chi connectivity index (χ3v) is 5.46. The zero-order valence-corrected chi connectivity index (χ0v) is 14.9. The number of aryl methyl sites for hydroxylation is 2. The van der Waals surface area contributed by atoms with Crippen molar-refractivity contribution in [3.63, 3.8) is 0 Å². The largest absolute Gasteiger partial charge is 0.497 e. The van der Waals surface area contributed by atoms with Gasteiger partial charge in [0.1, 0.15) is 22.7 Å². The van der Waals surface area contributed by atoms with E-state index in [2.05, 4.69) is 20.5 Å². The van der Waals surface area contributed by atoms with Crippen molar-refractivity contribution in [3.05, 3.63) is 40.5 Å². The Morgan fingerprint density at radius 3 is 2.68 bits per heavy atom. The summed E-state index contributed by atoms with van der Waals surface area (Å²) in [5, 5.41) is 5.46. The number of benzene rings is 1. The predicted octanol–water partition coefficient (Wildman–Crippen LogP) is 3.64. The quantitative estimate of drug-likeness (QED) is 0.559. The standard InChI is InChI=1S/C18H18N4O2S/c1-23-12-6-11(7-13(8-12)24-2)9-21-22-17-16-14-4-3-5-15(14)25-18(16)20-10-19-17/h6-10H,3-5H2,1-2H3,(H,19,20,22)/b21-9-. The number of fused-ring (bicyclic) bond motifs is 3. The normalized spacial score (nSPS) is 13.4. The maximum Gasteiger partial charge on any atom is 0.158 e. The van der Waals surface area contributed by atoms with Gasteiger partial charge in [-0.1, -0.05) is 0 Å². The van der Waals surface area contributed by atoms with Crippen LogP contribution in [0, 0.1) is 0 Å². The molecule has 0 unspecified atom stereocenters. The summed E-state index contributed by atoms with van der Waals surface area (Å²) in [5.74, 6) is 2.21. The van der Waals surface area contributed by atoms with E-state index in [1.165, 1.54) is 16.9 Å². The molecule has 0 atom stereocenters. The Hall–Kier alpha value is -2.67. The first-order valence-corrected chi connectivity index (χ1v) is 8.87. The predicted molar refractivity (Wildman–Crippen MR) is 100 cm³/mol. The summed E-state index contributed by atoms with van der Waals surface area (Å²) in [5.41, 5.74) is 5.33. The van der Waals surface area contributed by atoms with Crippen LogP contribution in [0.4, 0.5) is 5.82 Å². The van der Waals surface area contributed by atoms with Gasteiger partial charge in [0.2, 0.25) is 0 Å². The second kappa shape index (κ2) is 6.68. The highest BCUT2D eigenvalue weighted by Gasteiger charge is 2.20. The number of rotatable bonds is 5. The number of ether oxygens (including phenoxy) is 2. The monoisotopic (exact) mass is 354 g/mol. The minimum Gasteiger partial charge on any atom is -0.497 e. The number of nitrogens with one attached hydrogen (secondary N) is 1. The fraction of sp³-hybridized carbons (Fsp3) is 0.278. The molecule has 0 radical (unpaired) electrons. The van der Waals surface area contributed by atoms with E-state index in [0.29, 0.717) is 0 Å². The van der Waals surface area contributed by atoms with E-state index in [4.69, 9.17) is 9.47 Å². The summed E-state index contributed by atoms with van der Waals surface area (Å²) in [6, 6.07) is 5.62. The topological polar surface area (TPSA) is 68.6 Å². The van der Waals surface area contributed by atoms with E-state index in [1.54, 1.807) is 38.1 Å². The lowest BCUT2D eigenvalue weighted by molar-refractivity contribution is 0.394. The van der Waals surface area contributed by atoms with Gasteiger partial charge < -0.3 is 9.47 Å². The smallest absolute Gasteiger partial charge is 0.158 e. The highest BCUT2D eigenvalue weighted by molar-refractivity contribution is 7.19. The number of hydrogen-bond acceptors (Lipinski definition) is 7. The minimum atomic E-state index is 0.723. The molecule has 128 valence electrons. The average molecular weight is 354 g/mol. The second-order valence-corrected chi connectivity index (χ2v) is 6.86. The van der Waals surface area contributed by atoms with Crippen LogP contribution in [0.1, 0.15) is 22.4 Å². The first-order valence-electron chi connectivity index (χ1n) is 8.06. The van der Waals surface area contributed by atoms with Crippen molar-refractivity contribution < 1.29 is 9.47 Å². The van der Waals surface area contributed by atoms with Gasteiger partial charge in [0, 0.05) is 16.5 Å². The number of anilines is 1. The lowest BCUT2D eigenvalue weighted by Gasteiger charge is -2.06. The zero-order chi connectivity index (χ0) is 17.2. The number of hydrogen-bond donors (Lipinski definition) is 1. The Bertz CT molecular complexity index is 929. The lowest BCUT2D eigenvalue weighted by Crippen LogP contribution is -1.97. The van der Waals surface area contributed by atoms with Gasteiger partial charge in [-0.2, -0.15) is 5.10 Å². The molecule has 4 rings (SSSR count). The van der Waals surface area contributed by atoms with Crippen LogP contribution in [-0.2, 0) is 12.8 Å². The highest BCUT2D eigenvalue weighted by Crippen LogP contribution is 2.38. The third-order valence-electron chi connectivity index (χ3n) is 4.26. The molecule has 1 aliphatic carbocycles. The summed E-state index contributed by atoms with van der Waals surface area (Å²) in [7, 11) is 3.26. The van der Waals surface area contributed by atoms with Crippen molar-refractivity contribution in [1.29, 1.82) is 0 Å². The molecule has 0 fully saturated rings. The first-order chi connectivity index (χ1) is 12.3. The number of hydrazone groups is 1. The van der Waals surface area contributed by atoms with E-state index in [1.807, 2.05) is 18.2 Å². The van der Waals surface area contributed by atoms with Gasteiger partial charge in [-0.3, -0.25) is 5.43 Å². The van der Waals surface area contributed by atoms with Gasteiger partial charge in [-0.15, -0.1) is 11.3 Å². The van der Waals surface area contributed by atoms with Crippen LogP contribution < -0.4 is 14.9 Å². The van der Waals surface area contributed by atoms with Crippen LogP contribution in [-0.4, -0.2) is 30.4 Å². The molecule has 0 aliphatic heterocycles. The average Bonchev–Trinajstić information content (AvgIpc) is 3.22. The van der Waals surface area contributed by atoms with Crippen molar-refractivity contribution in [2.45, 2.75) is 19.3 Å². The maximum absolute atomic E-state index is 5.28. The number of aromatic nitrogens is 2. The summed E-state index contributed by atoms with van der Waals surface area (Å²) >= 11 is 1.76. The molecule has 25 heavy (non-hydrogen) atoms. The minimum absolute atomic E-state index is 0.723. The molecule has 1 aromatic carbocycles. The highest BCUT2D eigenvalue weighted by atomic mass is 32.1. The Morgan fingerprint density at radius 1 is 1.12 bits per heavy atom. The molecule has 2 heterocycles. The van der Waals surface area contributed by atoms with Crippen LogP contribution in [0.3, 0.4) is 0 Å². The van der Waals surface area contributed by atoms with Crippen molar-refractivity contribution in [1.82, 2.24) is 9.97 Å². The molecular formula is C18H18N4O2S. The van der Waals surface area contributed by atoms with Crippen molar-refractivity contribution >= 4 is 33.6 Å². The number of nitrogens with zero attached hydrogens (tertiary/aromatic N) is 3. The van der Waals surface area contributed by atoms with Gasteiger partial charge in [0.15, 0.2) is 5.82 Å². The molecular weight excluding hydrogens is 336 g/mol. The molecule has 3 aromatic rings. The van der Waals surface area contributed by atoms with Gasteiger partial charge >= 0.3 is 0 Å². The summed E-state index contributed by atoms with van der Waals surface area (Å²) in [4.78, 5) is 11.2. The SMILES string of the molecule is COc1cc(/C=N\Nc2ncnc3sc4c(c23)CCC4)cc(OC)c1. The molecule has 0 saturated heterocycles. The number of thiophene rings is 1. The van der Waals surface area contributed by atoms with Crippen LogP contribution in [0.25, 0.3) is 10.2 Å². The van der Waals surface area contributed by atoms with Gasteiger partial charge in [0.05, 0.1) is 25.8 Å². The van der Waals surface area contributed by atoms with Crippen molar-refractivity contribution in [2.24, 2.45) is 5.10 Å². The van der Waals surface area contributed by atoms with E-state index < -0.39 is 0 Å². The van der Waals surface area contributed by atoms with Gasteiger partial charge in [-0.25, -0.2) is 9.97 Å². The Labute approximate surface area is 149 Å². The van der Waals surface area contributed by atoms with E-state index in [9.17, 15) is 0 Å². The van der Waals surface area contributed by atoms with Crippen LogP contribution >= 0.6 is 11.3 Å². The Morgan fingerprint density at radius 2 is 1.92 bits per heavy atom. The fourth-order valence-electron chi connectivity index (χ4n) is 3.09. The summed E-state index contributed by atoms with van der Waals surface area (Å²) in [6.45, 7) is 0. The summed E-state index contributed by atoms with van der Waals surface area (Å²) < 4.78 is 10.6. The zero-order valence-electron chi connectivity index (χ0n) is 14.1. The number of methoxy groups -OCH3 is 2. The van der Waals surface area contributed by atoms with Crippen LogP contribution in [0.2, 0.25) is 0 Å². The Kier molecular flexibility index (Phi) is 4.23. The van der Waals surface area contributed by atoms with Crippen LogP contribution in [0.15, 0.2) is 29.6 Å². The van der Waals surface area contributed by atoms with E-state index in [0.717, 1.165) is 45.9 Å². The molecule has 0 saturated carbocycles. The Balaban J connectivity index is 1.61. The summed E-state index contributed by atoms with van der Waals surface area (Å²) in [6.07, 6.45) is 6.75. The van der Waals surface area contributed by atoms with Crippen molar-refractivity contribution in [2.75, 3.05) is 19.6 Å². The molecule has 6 nitrogen and oxygen atoms in total. The van der Waals surface area contributed by atoms with Gasteiger partial charge in [0.25, 0.3) is 0 Å².